The summed E-state index contributed by atoms with van der Waals surface area (Å²) >= 11 is 0. The maximum absolute atomic E-state index is 13.0. The molecule has 0 aliphatic carbocycles. The minimum absolute atomic E-state index is 0.0966. The maximum atomic E-state index is 13.0. The number of rotatable bonds is 2. The molecular weight excluding hydrogens is 308 g/mol. The standard InChI is InChI=1S/C18H22N2O4/c1-17(2)16(22)20-13(11-12-7-4-3-5-8-12)15(21)19-10-6-9-14(19)18(20,23)24-17/h3-5,7-8,13-14,23H,6,9-11H2,1-2H3. The van der Waals surface area contributed by atoms with Gasteiger partial charge >= 0.3 is 0 Å². The Morgan fingerprint density at radius 3 is 2.67 bits per heavy atom. The third-order valence-corrected chi connectivity index (χ3v) is 5.32. The third-order valence-electron chi connectivity index (χ3n) is 5.32. The number of ether oxygens (including phenoxy) is 1. The molecule has 0 bridgehead atoms. The summed E-state index contributed by atoms with van der Waals surface area (Å²) in [6, 6.07) is 8.35. The van der Waals surface area contributed by atoms with Crippen LogP contribution in [0.15, 0.2) is 30.3 Å². The summed E-state index contributed by atoms with van der Waals surface area (Å²) in [5, 5.41) is 11.2. The van der Waals surface area contributed by atoms with Crippen molar-refractivity contribution in [1.29, 1.82) is 0 Å². The molecule has 3 heterocycles. The van der Waals surface area contributed by atoms with Crippen molar-refractivity contribution < 1.29 is 19.4 Å². The summed E-state index contributed by atoms with van der Waals surface area (Å²) < 4.78 is 5.82. The van der Waals surface area contributed by atoms with Gasteiger partial charge in [-0.3, -0.25) is 14.5 Å². The molecule has 3 aliphatic rings. The molecule has 0 aromatic heterocycles. The fourth-order valence-electron chi connectivity index (χ4n) is 4.24. The van der Waals surface area contributed by atoms with Crippen LogP contribution in [0.1, 0.15) is 32.3 Å². The second-order valence-corrected chi connectivity index (χ2v) is 7.34. The average molecular weight is 330 g/mol. The Morgan fingerprint density at radius 2 is 1.96 bits per heavy atom. The van der Waals surface area contributed by atoms with Gasteiger partial charge in [-0.05, 0) is 32.3 Å². The molecule has 3 unspecified atom stereocenters. The molecule has 4 rings (SSSR count). The van der Waals surface area contributed by atoms with Crippen LogP contribution in [0.25, 0.3) is 0 Å². The molecule has 24 heavy (non-hydrogen) atoms. The van der Waals surface area contributed by atoms with Gasteiger partial charge in [-0.25, -0.2) is 0 Å². The monoisotopic (exact) mass is 330 g/mol. The molecule has 1 N–H and O–H groups in total. The van der Waals surface area contributed by atoms with Crippen molar-refractivity contribution in [2.24, 2.45) is 0 Å². The lowest BCUT2D eigenvalue weighted by Crippen LogP contribution is -2.71. The van der Waals surface area contributed by atoms with Crippen LogP contribution in [0.4, 0.5) is 0 Å². The van der Waals surface area contributed by atoms with E-state index in [0.29, 0.717) is 19.4 Å². The van der Waals surface area contributed by atoms with E-state index in [-0.39, 0.29) is 11.8 Å². The van der Waals surface area contributed by atoms with E-state index < -0.39 is 23.6 Å². The van der Waals surface area contributed by atoms with Crippen LogP contribution >= 0.6 is 0 Å². The van der Waals surface area contributed by atoms with Gasteiger partial charge in [0.25, 0.3) is 11.8 Å². The van der Waals surface area contributed by atoms with Gasteiger partial charge in [-0.2, -0.15) is 0 Å². The Balaban J connectivity index is 1.77. The third kappa shape index (κ3) is 2.03. The van der Waals surface area contributed by atoms with Crippen LogP contribution < -0.4 is 0 Å². The van der Waals surface area contributed by atoms with Crippen LogP contribution in [-0.4, -0.2) is 56.9 Å². The lowest BCUT2D eigenvalue weighted by Gasteiger charge is -2.49. The molecule has 0 spiro atoms. The van der Waals surface area contributed by atoms with Gasteiger partial charge in [0.1, 0.15) is 17.7 Å². The van der Waals surface area contributed by atoms with Gasteiger partial charge < -0.3 is 14.7 Å². The lowest BCUT2D eigenvalue weighted by atomic mass is 9.96. The second-order valence-electron chi connectivity index (χ2n) is 7.34. The number of carbonyl (C=O) groups excluding carboxylic acids is 2. The van der Waals surface area contributed by atoms with E-state index in [9.17, 15) is 14.7 Å². The first-order valence-electron chi connectivity index (χ1n) is 8.45. The molecule has 1 aromatic carbocycles. The predicted octanol–water partition coefficient (Wildman–Crippen LogP) is 0.886. The Kier molecular flexibility index (Phi) is 3.27. The van der Waals surface area contributed by atoms with Crippen molar-refractivity contribution in [1.82, 2.24) is 9.80 Å². The van der Waals surface area contributed by atoms with Crippen LogP contribution in [0, 0.1) is 0 Å². The van der Waals surface area contributed by atoms with Crippen LogP contribution in [0.2, 0.25) is 0 Å². The van der Waals surface area contributed by atoms with E-state index in [4.69, 9.17) is 4.74 Å². The molecule has 3 aliphatic heterocycles. The van der Waals surface area contributed by atoms with Gasteiger partial charge in [0.2, 0.25) is 5.91 Å². The quantitative estimate of drug-likeness (QED) is 0.874. The number of aliphatic hydroxyl groups is 1. The summed E-state index contributed by atoms with van der Waals surface area (Å²) in [4.78, 5) is 28.9. The van der Waals surface area contributed by atoms with Gasteiger partial charge in [-0.15, -0.1) is 0 Å². The van der Waals surface area contributed by atoms with Crippen molar-refractivity contribution in [3.05, 3.63) is 35.9 Å². The highest BCUT2D eigenvalue weighted by molar-refractivity contribution is 5.94. The summed E-state index contributed by atoms with van der Waals surface area (Å²) in [6.45, 7) is 3.90. The Labute approximate surface area is 141 Å². The zero-order valence-electron chi connectivity index (χ0n) is 13.9. The van der Waals surface area contributed by atoms with Crippen molar-refractivity contribution >= 4 is 11.8 Å². The first-order chi connectivity index (χ1) is 11.3. The molecule has 6 nitrogen and oxygen atoms in total. The zero-order valence-corrected chi connectivity index (χ0v) is 13.9. The first-order valence-corrected chi connectivity index (χ1v) is 8.45. The van der Waals surface area contributed by atoms with Crippen LogP contribution in [0.3, 0.4) is 0 Å². The average Bonchev–Trinajstić information content (AvgIpc) is 3.09. The number of hydrogen-bond acceptors (Lipinski definition) is 4. The van der Waals surface area contributed by atoms with Crippen molar-refractivity contribution in [3.8, 4) is 0 Å². The molecule has 1 aromatic rings. The fraction of sp³-hybridized carbons (Fsp3) is 0.556. The van der Waals surface area contributed by atoms with E-state index >= 15 is 0 Å². The normalized spacial score (nSPS) is 34.5. The lowest BCUT2D eigenvalue weighted by molar-refractivity contribution is -0.310. The number of hydrogen-bond donors (Lipinski definition) is 1. The second kappa shape index (κ2) is 5.04. The minimum Gasteiger partial charge on any atom is -0.347 e. The zero-order chi connectivity index (χ0) is 17.1. The van der Waals surface area contributed by atoms with Crippen molar-refractivity contribution in [2.75, 3.05) is 6.54 Å². The molecule has 3 atom stereocenters. The van der Waals surface area contributed by atoms with Crippen molar-refractivity contribution in [2.45, 2.75) is 56.7 Å². The van der Waals surface area contributed by atoms with E-state index in [0.717, 1.165) is 12.0 Å². The minimum atomic E-state index is -1.73. The SMILES string of the molecule is CC1(C)OC2(O)C3CCCN3C(=O)C(Cc3ccccc3)N2C1=O. The smallest absolute Gasteiger partial charge is 0.274 e. The van der Waals surface area contributed by atoms with E-state index in [2.05, 4.69) is 0 Å². The molecular formula is C18H22N2O4. The largest absolute Gasteiger partial charge is 0.347 e. The number of fused-ring (bicyclic) bond motifs is 3. The molecule has 0 radical (unpaired) electrons. The molecule has 128 valence electrons. The van der Waals surface area contributed by atoms with Gasteiger partial charge in [0.05, 0.1) is 0 Å². The molecule has 3 fully saturated rings. The Bertz CT molecular complexity index is 690. The van der Waals surface area contributed by atoms with E-state index in [1.807, 2.05) is 30.3 Å². The predicted molar refractivity (Wildman–Crippen MR) is 85.6 cm³/mol. The number of piperazine rings is 1. The van der Waals surface area contributed by atoms with Crippen molar-refractivity contribution in [3.63, 3.8) is 0 Å². The highest BCUT2D eigenvalue weighted by Crippen LogP contribution is 2.46. The highest BCUT2D eigenvalue weighted by Gasteiger charge is 2.68. The fourth-order valence-corrected chi connectivity index (χ4v) is 4.24. The topological polar surface area (TPSA) is 70.1 Å². The highest BCUT2D eigenvalue weighted by atomic mass is 16.7. The summed E-state index contributed by atoms with van der Waals surface area (Å²) in [6.07, 6.45) is 1.82. The molecule has 2 amide bonds. The van der Waals surface area contributed by atoms with E-state index in [1.54, 1.807) is 18.7 Å². The number of amides is 2. The summed E-state index contributed by atoms with van der Waals surface area (Å²) in [7, 11) is 0. The summed E-state index contributed by atoms with van der Waals surface area (Å²) in [5.41, 5.74) is -0.184. The van der Waals surface area contributed by atoms with Gasteiger partial charge in [-0.1, -0.05) is 30.3 Å². The number of benzene rings is 1. The Morgan fingerprint density at radius 1 is 1.25 bits per heavy atom. The number of nitrogens with zero attached hydrogens (tertiary/aromatic N) is 2. The van der Waals surface area contributed by atoms with Gasteiger partial charge in [0, 0.05) is 13.0 Å². The van der Waals surface area contributed by atoms with Crippen LogP contribution in [0.5, 0.6) is 0 Å². The van der Waals surface area contributed by atoms with Crippen LogP contribution in [-0.2, 0) is 20.7 Å². The first kappa shape index (κ1) is 15.6. The molecule has 6 heteroatoms. The molecule has 0 saturated carbocycles. The van der Waals surface area contributed by atoms with E-state index in [1.165, 1.54) is 4.90 Å². The molecule has 3 saturated heterocycles. The summed E-state index contributed by atoms with van der Waals surface area (Å²) in [5.74, 6) is -2.16. The maximum Gasteiger partial charge on any atom is 0.274 e. The number of carbonyl (C=O) groups is 2. The Hall–Kier alpha value is -1.92. The van der Waals surface area contributed by atoms with Gasteiger partial charge in [0.15, 0.2) is 0 Å².